The van der Waals surface area contributed by atoms with E-state index in [1.54, 1.807) is 0 Å². The van der Waals surface area contributed by atoms with Gasteiger partial charge < -0.3 is 10.6 Å². The second-order valence-corrected chi connectivity index (χ2v) is 7.25. The van der Waals surface area contributed by atoms with Gasteiger partial charge in [0.25, 0.3) is 0 Å². The van der Waals surface area contributed by atoms with Gasteiger partial charge in [-0.05, 0) is 67.8 Å². The highest BCUT2D eigenvalue weighted by molar-refractivity contribution is 6.30. The minimum absolute atomic E-state index is 0.511. The van der Waals surface area contributed by atoms with Gasteiger partial charge in [-0.1, -0.05) is 25.4 Å². The standard InChI is InChI=1S/C17H27ClN2/c1-17(2)9-6-15(7-10-17)20(3)16-5-4-14(18)12-13(16)8-11-19/h4-5,12,15H,6-11,19H2,1-3H3. The molecule has 1 aromatic carbocycles. The normalized spacial score (nSPS) is 19.1. The number of benzene rings is 1. The second kappa shape index (κ2) is 6.36. The number of anilines is 1. The predicted molar refractivity (Wildman–Crippen MR) is 88.7 cm³/mol. The van der Waals surface area contributed by atoms with Gasteiger partial charge in [-0.25, -0.2) is 0 Å². The van der Waals surface area contributed by atoms with Crippen LogP contribution in [0.3, 0.4) is 0 Å². The number of hydrogen-bond acceptors (Lipinski definition) is 2. The van der Waals surface area contributed by atoms with Crippen molar-refractivity contribution >= 4 is 17.3 Å². The molecule has 0 amide bonds. The van der Waals surface area contributed by atoms with Gasteiger partial charge in [-0.3, -0.25) is 0 Å². The van der Waals surface area contributed by atoms with E-state index in [0.717, 1.165) is 11.4 Å². The molecule has 0 unspecified atom stereocenters. The average Bonchev–Trinajstić information content (AvgIpc) is 2.38. The summed E-state index contributed by atoms with van der Waals surface area (Å²) in [6.07, 6.45) is 6.05. The van der Waals surface area contributed by atoms with Crippen LogP contribution in [0, 0.1) is 5.41 Å². The fourth-order valence-electron chi connectivity index (χ4n) is 3.22. The van der Waals surface area contributed by atoms with Crippen LogP contribution in [0.4, 0.5) is 5.69 Å². The van der Waals surface area contributed by atoms with Crippen LogP contribution in [0.2, 0.25) is 5.02 Å². The SMILES string of the molecule is CN(c1ccc(Cl)cc1CCN)C1CCC(C)(C)CC1. The van der Waals surface area contributed by atoms with Crippen LogP contribution in [0.15, 0.2) is 18.2 Å². The Hall–Kier alpha value is -0.730. The van der Waals surface area contributed by atoms with E-state index in [-0.39, 0.29) is 0 Å². The van der Waals surface area contributed by atoms with Gasteiger partial charge in [0, 0.05) is 23.8 Å². The van der Waals surface area contributed by atoms with E-state index in [4.69, 9.17) is 17.3 Å². The Bertz CT molecular complexity index is 446. The largest absolute Gasteiger partial charge is 0.371 e. The van der Waals surface area contributed by atoms with Crippen molar-refractivity contribution in [2.45, 2.75) is 52.0 Å². The highest BCUT2D eigenvalue weighted by atomic mass is 35.5. The minimum Gasteiger partial charge on any atom is -0.371 e. The first-order chi connectivity index (χ1) is 9.43. The first-order valence-electron chi connectivity index (χ1n) is 7.64. The van der Waals surface area contributed by atoms with E-state index in [0.29, 0.717) is 18.0 Å². The molecule has 112 valence electrons. The summed E-state index contributed by atoms with van der Waals surface area (Å²) in [4.78, 5) is 2.44. The van der Waals surface area contributed by atoms with E-state index in [1.807, 2.05) is 6.07 Å². The maximum atomic E-state index is 6.12. The molecule has 1 aliphatic carbocycles. The summed E-state index contributed by atoms with van der Waals surface area (Å²) in [7, 11) is 2.21. The van der Waals surface area contributed by atoms with Crippen molar-refractivity contribution in [3.8, 4) is 0 Å². The van der Waals surface area contributed by atoms with Gasteiger partial charge in [-0.2, -0.15) is 0 Å². The van der Waals surface area contributed by atoms with Crippen molar-refractivity contribution in [1.29, 1.82) is 0 Å². The summed E-state index contributed by atoms with van der Waals surface area (Å²) in [5.74, 6) is 0. The van der Waals surface area contributed by atoms with Crippen molar-refractivity contribution in [3.63, 3.8) is 0 Å². The Morgan fingerprint density at radius 3 is 2.55 bits per heavy atom. The minimum atomic E-state index is 0.511. The van der Waals surface area contributed by atoms with E-state index in [1.165, 1.54) is 36.9 Å². The third-order valence-corrected chi connectivity index (χ3v) is 4.93. The predicted octanol–water partition coefficient (Wildman–Crippen LogP) is 4.25. The number of rotatable bonds is 4. The Morgan fingerprint density at radius 1 is 1.30 bits per heavy atom. The number of nitrogens with zero attached hydrogens (tertiary/aromatic N) is 1. The Morgan fingerprint density at radius 2 is 1.95 bits per heavy atom. The molecule has 1 aromatic rings. The van der Waals surface area contributed by atoms with Gasteiger partial charge in [-0.15, -0.1) is 0 Å². The quantitative estimate of drug-likeness (QED) is 0.899. The molecule has 0 saturated heterocycles. The summed E-state index contributed by atoms with van der Waals surface area (Å²) in [5.41, 5.74) is 8.81. The number of hydrogen-bond donors (Lipinski definition) is 1. The lowest BCUT2D eigenvalue weighted by Crippen LogP contribution is -2.37. The van der Waals surface area contributed by atoms with Crippen LogP contribution < -0.4 is 10.6 Å². The van der Waals surface area contributed by atoms with Gasteiger partial charge >= 0.3 is 0 Å². The zero-order valence-corrected chi connectivity index (χ0v) is 13.7. The molecule has 2 N–H and O–H groups in total. The van der Waals surface area contributed by atoms with Gasteiger partial charge in [0.1, 0.15) is 0 Å². The summed E-state index contributed by atoms with van der Waals surface area (Å²) in [6.45, 7) is 5.43. The molecule has 0 atom stereocenters. The lowest BCUT2D eigenvalue weighted by Gasteiger charge is -2.40. The van der Waals surface area contributed by atoms with E-state index in [9.17, 15) is 0 Å². The van der Waals surface area contributed by atoms with Gasteiger partial charge in [0.15, 0.2) is 0 Å². The van der Waals surface area contributed by atoms with Crippen LogP contribution in [0.5, 0.6) is 0 Å². The zero-order chi connectivity index (χ0) is 14.8. The van der Waals surface area contributed by atoms with Crippen LogP contribution in [-0.2, 0) is 6.42 Å². The van der Waals surface area contributed by atoms with Crippen LogP contribution in [0.1, 0.15) is 45.1 Å². The molecule has 0 aliphatic heterocycles. The first kappa shape index (κ1) is 15.7. The third kappa shape index (κ3) is 3.67. The fraction of sp³-hybridized carbons (Fsp3) is 0.647. The molecular formula is C17H27ClN2. The summed E-state index contributed by atoms with van der Waals surface area (Å²) in [6, 6.07) is 6.83. The van der Waals surface area contributed by atoms with Crippen molar-refractivity contribution in [2.24, 2.45) is 11.1 Å². The highest BCUT2D eigenvalue weighted by Gasteiger charge is 2.29. The summed E-state index contributed by atoms with van der Waals surface area (Å²) < 4.78 is 0. The molecule has 1 aliphatic rings. The molecule has 0 radical (unpaired) electrons. The maximum Gasteiger partial charge on any atom is 0.0410 e. The van der Waals surface area contributed by atoms with Gasteiger partial charge in [0.2, 0.25) is 0 Å². The average molecular weight is 295 g/mol. The van der Waals surface area contributed by atoms with Crippen molar-refractivity contribution in [3.05, 3.63) is 28.8 Å². The summed E-state index contributed by atoms with van der Waals surface area (Å²) in [5, 5.41) is 0.801. The topological polar surface area (TPSA) is 29.3 Å². The van der Waals surface area contributed by atoms with Crippen LogP contribution in [0.25, 0.3) is 0 Å². The third-order valence-electron chi connectivity index (χ3n) is 4.69. The van der Waals surface area contributed by atoms with E-state index >= 15 is 0 Å². The van der Waals surface area contributed by atoms with Crippen molar-refractivity contribution in [1.82, 2.24) is 0 Å². The Kier molecular flexibility index (Phi) is 4.98. The number of halogens is 1. The molecule has 0 heterocycles. The maximum absolute atomic E-state index is 6.12. The van der Waals surface area contributed by atoms with Crippen LogP contribution >= 0.6 is 11.6 Å². The molecule has 2 rings (SSSR count). The van der Waals surface area contributed by atoms with E-state index in [2.05, 4.69) is 37.9 Å². The molecule has 0 spiro atoms. The van der Waals surface area contributed by atoms with Crippen molar-refractivity contribution < 1.29 is 0 Å². The molecule has 1 saturated carbocycles. The van der Waals surface area contributed by atoms with Crippen molar-refractivity contribution in [2.75, 3.05) is 18.5 Å². The molecule has 1 fully saturated rings. The highest BCUT2D eigenvalue weighted by Crippen LogP contribution is 2.38. The van der Waals surface area contributed by atoms with E-state index < -0.39 is 0 Å². The molecule has 3 heteroatoms. The lowest BCUT2D eigenvalue weighted by molar-refractivity contribution is 0.222. The number of nitrogens with two attached hydrogens (primary N) is 1. The van der Waals surface area contributed by atoms with Crippen LogP contribution in [-0.4, -0.2) is 19.6 Å². The Labute approximate surface area is 128 Å². The second-order valence-electron chi connectivity index (χ2n) is 6.82. The zero-order valence-electron chi connectivity index (χ0n) is 13.0. The molecule has 20 heavy (non-hydrogen) atoms. The monoisotopic (exact) mass is 294 g/mol. The first-order valence-corrected chi connectivity index (χ1v) is 8.02. The summed E-state index contributed by atoms with van der Waals surface area (Å²) >= 11 is 6.12. The molecular weight excluding hydrogens is 268 g/mol. The Balaban J connectivity index is 2.14. The lowest BCUT2D eigenvalue weighted by atomic mass is 9.75. The fourth-order valence-corrected chi connectivity index (χ4v) is 3.42. The molecule has 0 aromatic heterocycles. The molecule has 2 nitrogen and oxygen atoms in total. The van der Waals surface area contributed by atoms with Gasteiger partial charge in [0.05, 0.1) is 0 Å². The molecule has 0 bridgehead atoms. The smallest absolute Gasteiger partial charge is 0.0410 e.